The molecule has 0 atom stereocenters. The molecule has 0 aliphatic heterocycles. The fourth-order valence-corrected chi connectivity index (χ4v) is 5.33. The molecule has 0 spiro atoms. The van der Waals surface area contributed by atoms with Crippen molar-refractivity contribution >= 4 is 56.1 Å². The van der Waals surface area contributed by atoms with Gasteiger partial charge < -0.3 is 0 Å². The Bertz CT molecular complexity index is 1710. The first-order chi connectivity index (χ1) is 17.2. The maximum atomic E-state index is 13.5. The van der Waals surface area contributed by atoms with Crippen LogP contribution in [0, 0.1) is 5.41 Å². The van der Waals surface area contributed by atoms with Gasteiger partial charge in [-0.3, -0.25) is 14.4 Å². The molecule has 0 amide bonds. The zero-order chi connectivity index (χ0) is 25.2. The molecule has 0 radical (unpaired) electrons. The van der Waals surface area contributed by atoms with Gasteiger partial charge in [-0.2, -0.15) is 0 Å². The lowest BCUT2D eigenvalue weighted by Crippen LogP contribution is -2.27. The Morgan fingerprint density at radius 2 is 1.44 bits per heavy atom. The van der Waals surface area contributed by atoms with Crippen molar-refractivity contribution in [3.05, 3.63) is 89.3 Å². The summed E-state index contributed by atoms with van der Waals surface area (Å²) in [5.41, 5.74) is 1.37. The molecule has 36 heavy (non-hydrogen) atoms. The minimum absolute atomic E-state index is 0.00389. The number of carbonyl (C=O) groups excluding carboxylic acids is 3. The van der Waals surface area contributed by atoms with Crippen LogP contribution in [-0.2, 0) is 0 Å². The Morgan fingerprint density at radius 1 is 0.861 bits per heavy atom. The minimum atomic E-state index is -0.734. The van der Waals surface area contributed by atoms with E-state index < -0.39 is 5.41 Å². The highest BCUT2D eigenvalue weighted by Gasteiger charge is 2.35. The van der Waals surface area contributed by atoms with Gasteiger partial charge in [0.05, 0.1) is 5.57 Å². The summed E-state index contributed by atoms with van der Waals surface area (Å²) >= 11 is 1.37. The van der Waals surface area contributed by atoms with Crippen LogP contribution in [0.2, 0.25) is 0 Å². The molecule has 6 nitrogen and oxygen atoms in total. The SMILES string of the molecule is CC(C)(C)C(=O)n1c(C=C2C(=O)c3cc4ccccc4cc3C2=O)nc2sc(-c3ccccc3)nc21. The van der Waals surface area contributed by atoms with E-state index in [9.17, 15) is 14.4 Å². The third-order valence-electron chi connectivity index (χ3n) is 6.25. The zero-order valence-corrected chi connectivity index (χ0v) is 20.7. The first-order valence-corrected chi connectivity index (χ1v) is 12.4. The average molecular weight is 492 g/mol. The van der Waals surface area contributed by atoms with Crippen LogP contribution in [0.25, 0.3) is 37.9 Å². The van der Waals surface area contributed by atoms with E-state index in [0.717, 1.165) is 21.3 Å². The van der Waals surface area contributed by atoms with Crippen molar-refractivity contribution in [1.29, 1.82) is 0 Å². The smallest absolute Gasteiger partial charge is 0.239 e. The van der Waals surface area contributed by atoms with Crippen molar-refractivity contribution in [3.8, 4) is 10.6 Å². The van der Waals surface area contributed by atoms with Gasteiger partial charge in [-0.15, -0.1) is 0 Å². The van der Waals surface area contributed by atoms with Gasteiger partial charge in [0.15, 0.2) is 22.0 Å². The van der Waals surface area contributed by atoms with Gasteiger partial charge in [-0.05, 0) is 29.0 Å². The van der Waals surface area contributed by atoms with Crippen molar-refractivity contribution in [2.75, 3.05) is 0 Å². The van der Waals surface area contributed by atoms with Gasteiger partial charge in [0.25, 0.3) is 0 Å². The Hall–Kier alpha value is -4.23. The predicted molar refractivity (Wildman–Crippen MR) is 142 cm³/mol. The first-order valence-electron chi connectivity index (χ1n) is 11.6. The second-order valence-electron chi connectivity index (χ2n) is 9.84. The summed E-state index contributed by atoms with van der Waals surface area (Å²) in [5, 5.41) is 2.53. The predicted octanol–water partition coefficient (Wildman–Crippen LogP) is 6.46. The molecule has 1 aliphatic carbocycles. The number of aromatic nitrogens is 3. The molecule has 176 valence electrons. The van der Waals surface area contributed by atoms with Gasteiger partial charge in [-0.25, -0.2) is 14.5 Å². The lowest BCUT2D eigenvalue weighted by atomic mass is 9.95. The summed E-state index contributed by atoms with van der Waals surface area (Å²) in [6, 6.07) is 20.8. The second-order valence-corrected chi connectivity index (χ2v) is 10.8. The highest BCUT2D eigenvalue weighted by atomic mass is 32.1. The van der Waals surface area contributed by atoms with Crippen molar-refractivity contribution < 1.29 is 14.4 Å². The number of fused-ring (bicyclic) bond motifs is 3. The molecule has 0 N–H and O–H groups in total. The fraction of sp³-hybridized carbons (Fsp3) is 0.138. The van der Waals surface area contributed by atoms with E-state index in [0.29, 0.717) is 21.6 Å². The second kappa shape index (κ2) is 7.90. The molecule has 3 aromatic carbocycles. The highest BCUT2D eigenvalue weighted by Crippen LogP contribution is 2.35. The number of hydrogen-bond donors (Lipinski definition) is 0. The number of Topliss-reactive ketones (excluding diaryl/α,β-unsaturated/α-hetero) is 2. The molecule has 7 heteroatoms. The summed E-state index contributed by atoms with van der Waals surface area (Å²) in [5.74, 6) is -0.708. The van der Waals surface area contributed by atoms with Gasteiger partial charge in [0, 0.05) is 22.1 Å². The van der Waals surface area contributed by atoms with E-state index in [1.54, 1.807) is 12.1 Å². The topological polar surface area (TPSA) is 81.9 Å². The largest absolute Gasteiger partial charge is 0.288 e. The van der Waals surface area contributed by atoms with Crippen LogP contribution >= 0.6 is 11.3 Å². The maximum Gasteiger partial charge on any atom is 0.239 e. The number of nitrogens with zero attached hydrogens (tertiary/aromatic N) is 3. The van der Waals surface area contributed by atoms with Crippen LogP contribution in [0.1, 0.15) is 52.1 Å². The van der Waals surface area contributed by atoms with Crippen molar-refractivity contribution in [2.45, 2.75) is 20.8 Å². The summed E-state index contributed by atoms with van der Waals surface area (Å²) < 4.78 is 1.44. The Kier molecular flexibility index (Phi) is 4.88. The summed E-state index contributed by atoms with van der Waals surface area (Å²) in [7, 11) is 0. The Labute approximate surface area is 210 Å². The van der Waals surface area contributed by atoms with Crippen molar-refractivity contribution in [1.82, 2.24) is 14.5 Å². The third kappa shape index (κ3) is 3.43. The van der Waals surface area contributed by atoms with E-state index in [4.69, 9.17) is 4.98 Å². The van der Waals surface area contributed by atoms with Crippen molar-refractivity contribution in [2.24, 2.45) is 5.41 Å². The van der Waals surface area contributed by atoms with Crippen LogP contribution in [0.4, 0.5) is 0 Å². The van der Waals surface area contributed by atoms with Crippen LogP contribution in [-0.4, -0.2) is 32.0 Å². The van der Waals surface area contributed by atoms with E-state index in [-0.39, 0.29) is 28.9 Å². The summed E-state index contributed by atoms with van der Waals surface area (Å²) in [6.45, 7) is 5.45. The van der Waals surface area contributed by atoms with E-state index in [1.807, 2.05) is 75.4 Å². The monoisotopic (exact) mass is 491 g/mol. The van der Waals surface area contributed by atoms with Crippen LogP contribution < -0.4 is 0 Å². The molecule has 0 saturated heterocycles. The first kappa shape index (κ1) is 22.2. The van der Waals surface area contributed by atoms with E-state index in [1.165, 1.54) is 22.0 Å². The molecule has 2 aromatic heterocycles. The van der Waals surface area contributed by atoms with Crippen LogP contribution in [0.5, 0.6) is 0 Å². The van der Waals surface area contributed by atoms with Crippen LogP contribution in [0.3, 0.4) is 0 Å². The fourth-order valence-electron chi connectivity index (χ4n) is 4.39. The van der Waals surface area contributed by atoms with Crippen molar-refractivity contribution in [3.63, 3.8) is 0 Å². The highest BCUT2D eigenvalue weighted by molar-refractivity contribution is 7.21. The number of hydrogen-bond acceptors (Lipinski definition) is 6. The lowest BCUT2D eigenvalue weighted by molar-refractivity contribution is 0.0769. The van der Waals surface area contributed by atoms with E-state index >= 15 is 0 Å². The normalized spacial score (nSPS) is 13.6. The average Bonchev–Trinajstić information content (AvgIpc) is 3.49. The number of ketones is 2. The summed E-state index contributed by atoms with van der Waals surface area (Å²) in [4.78, 5) is 50.1. The maximum absolute atomic E-state index is 13.5. The molecule has 5 aromatic rings. The summed E-state index contributed by atoms with van der Waals surface area (Å²) in [6.07, 6.45) is 1.44. The number of rotatable bonds is 2. The van der Waals surface area contributed by atoms with Gasteiger partial charge in [0.1, 0.15) is 10.8 Å². The molecule has 0 fully saturated rings. The molecular formula is C29H21N3O3S. The van der Waals surface area contributed by atoms with E-state index in [2.05, 4.69) is 4.98 Å². The number of imidazole rings is 1. The molecule has 2 heterocycles. The standard InChI is InChI=1S/C29H21N3O3S/c1-29(2,3)28(35)32-22(30-27-25(32)31-26(36-27)16-9-5-4-6-10-16)15-21-23(33)19-13-17-11-7-8-12-18(17)14-20(19)24(21)34/h4-15H,1-3H3. The molecule has 0 bridgehead atoms. The number of allylic oxidation sites excluding steroid dienone is 1. The van der Waals surface area contributed by atoms with Crippen LogP contribution in [0.15, 0.2) is 72.3 Å². The number of carbonyl (C=O) groups is 3. The third-order valence-corrected chi connectivity index (χ3v) is 7.24. The molecule has 0 saturated carbocycles. The Balaban J connectivity index is 1.52. The molecular weight excluding hydrogens is 470 g/mol. The Morgan fingerprint density at radius 3 is 2.03 bits per heavy atom. The quantitative estimate of drug-likeness (QED) is 0.209. The molecule has 0 unspecified atom stereocenters. The van der Waals surface area contributed by atoms with Gasteiger partial charge >= 0.3 is 0 Å². The molecule has 1 aliphatic rings. The number of thiazole rings is 1. The zero-order valence-electron chi connectivity index (χ0n) is 19.9. The van der Waals surface area contributed by atoms with Gasteiger partial charge in [-0.1, -0.05) is 86.7 Å². The minimum Gasteiger partial charge on any atom is -0.288 e. The van der Waals surface area contributed by atoms with Gasteiger partial charge in [0.2, 0.25) is 5.91 Å². The lowest BCUT2D eigenvalue weighted by Gasteiger charge is -2.18. The molecule has 6 rings (SSSR count). The number of benzene rings is 3.